The number of anilines is 1. The first kappa shape index (κ1) is 17.0. The number of rotatable bonds is 5. The fourth-order valence-corrected chi connectivity index (χ4v) is 3.45. The van der Waals surface area contributed by atoms with Crippen LogP contribution in [0.25, 0.3) is 21.6 Å². The van der Waals surface area contributed by atoms with Crippen molar-refractivity contribution in [3.63, 3.8) is 0 Å². The van der Waals surface area contributed by atoms with Crippen molar-refractivity contribution < 1.29 is 19.0 Å². The van der Waals surface area contributed by atoms with Gasteiger partial charge in [0.2, 0.25) is 0 Å². The summed E-state index contributed by atoms with van der Waals surface area (Å²) in [5, 5.41) is 8.51. The third kappa shape index (κ3) is 3.64. The monoisotopic (exact) mass is 357 g/mol. The normalized spacial score (nSPS) is 10.6. The molecule has 0 atom stereocenters. The molecule has 0 aliphatic carbocycles. The van der Waals surface area contributed by atoms with Crippen molar-refractivity contribution in [1.29, 1.82) is 0 Å². The van der Waals surface area contributed by atoms with Crippen LogP contribution >= 0.6 is 11.3 Å². The van der Waals surface area contributed by atoms with Gasteiger partial charge in [0.1, 0.15) is 5.75 Å². The topological polar surface area (TPSA) is 72.5 Å². The standard InChI is InChI=1S/C19H16FNO3S/c1-24-16-9-13(19-15(21)10-17(20)25-19)6-7-14(16)12-4-2-11(3-5-12)8-18(22)23/h2-7,9-10H,8,21H2,1H3,(H,22,23). The molecule has 0 saturated heterocycles. The molecule has 6 heteroatoms. The summed E-state index contributed by atoms with van der Waals surface area (Å²) >= 11 is 0.993. The van der Waals surface area contributed by atoms with Gasteiger partial charge in [-0.1, -0.05) is 36.4 Å². The van der Waals surface area contributed by atoms with Crippen molar-refractivity contribution in [2.75, 3.05) is 12.8 Å². The van der Waals surface area contributed by atoms with E-state index >= 15 is 0 Å². The van der Waals surface area contributed by atoms with Crippen molar-refractivity contribution >= 4 is 23.0 Å². The number of hydrogen-bond donors (Lipinski definition) is 2. The fourth-order valence-electron chi connectivity index (χ4n) is 2.65. The van der Waals surface area contributed by atoms with E-state index in [0.717, 1.165) is 33.6 Å². The van der Waals surface area contributed by atoms with Gasteiger partial charge in [0.15, 0.2) is 5.13 Å². The minimum absolute atomic E-state index is 0.0143. The van der Waals surface area contributed by atoms with Crippen molar-refractivity contribution in [3.05, 3.63) is 59.2 Å². The lowest BCUT2D eigenvalue weighted by Gasteiger charge is -2.11. The zero-order valence-electron chi connectivity index (χ0n) is 13.5. The number of carbonyl (C=O) groups is 1. The summed E-state index contributed by atoms with van der Waals surface area (Å²) in [5.74, 6) is -0.229. The molecule has 2 aromatic carbocycles. The van der Waals surface area contributed by atoms with Crippen LogP contribution in [0, 0.1) is 5.13 Å². The molecule has 3 aromatic rings. The van der Waals surface area contributed by atoms with E-state index in [9.17, 15) is 9.18 Å². The van der Waals surface area contributed by atoms with Crippen molar-refractivity contribution in [2.45, 2.75) is 6.42 Å². The molecule has 128 valence electrons. The van der Waals surface area contributed by atoms with Crippen LogP contribution in [0.1, 0.15) is 5.56 Å². The summed E-state index contributed by atoms with van der Waals surface area (Å²) in [6.45, 7) is 0. The molecule has 3 rings (SSSR count). The lowest BCUT2D eigenvalue weighted by Crippen LogP contribution is -1.99. The number of thiophene rings is 1. The third-order valence-corrected chi connectivity index (χ3v) is 4.80. The van der Waals surface area contributed by atoms with Crippen LogP contribution in [0.15, 0.2) is 48.5 Å². The molecule has 0 aliphatic rings. The highest BCUT2D eigenvalue weighted by molar-refractivity contribution is 7.14. The Hall–Kier alpha value is -2.86. The van der Waals surface area contributed by atoms with E-state index in [4.69, 9.17) is 15.6 Å². The van der Waals surface area contributed by atoms with Crippen molar-refractivity contribution in [2.24, 2.45) is 0 Å². The second-order valence-electron chi connectivity index (χ2n) is 5.52. The number of nitrogens with two attached hydrogens (primary N) is 1. The van der Waals surface area contributed by atoms with Gasteiger partial charge in [-0.25, -0.2) is 0 Å². The van der Waals surface area contributed by atoms with E-state index in [-0.39, 0.29) is 11.6 Å². The molecule has 25 heavy (non-hydrogen) atoms. The molecule has 3 N–H and O–H groups in total. The number of aliphatic carboxylic acids is 1. The quantitative estimate of drug-likeness (QED) is 0.708. The molecule has 0 fully saturated rings. The molecule has 1 heterocycles. The predicted octanol–water partition coefficient (Wildman–Crippen LogP) is 4.44. The Morgan fingerprint density at radius 3 is 2.40 bits per heavy atom. The molecule has 0 amide bonds. The minimum Gasteiger partial charge on any atom is -0.496 e. The van der Waals surface area contributed by atoms with Gasteiger partial charge in [-0.15, -0.1) is 11.3 Å². The number of benzene rings is 2. The Labute approximate surface area is 148 Å². The van der Waals surface area contributed by atoms with Gasteiger partial charge in [0, 0.05) is 11.6 Å². The molecule has 0 spiro atoms. The van der Waals surface area contributed by atoms with Gasteiger partial charge in [0.25, 0.3) is 0 Å². The molecular weight excluding hydrogens is 341 g/mol. The smallest absolute Gasteiger partial charge is 0.307 e. The van der Waals surface area contributed by atoms with Crippen LogP contribution in [0.3, 0.4) is 0 Å². The Bertz CT molecular complexity index is 919. The summed E-state index contributed by atoms with van der Waals surface area (Å²) in [7, 11) is 1.57. The average molecular weight is 357 g/mol. The molecular formula is C19H16FNO3S. The van der Waals surface area contributed by atoms with E-state index < -0.39 is 5.97 Å². The first-order valence-electron chi connectivity index (χ1n) is 7.52. The Morgan fingerprint density at radius 2 is 1.84 bits per heavy atom. The van der Waals surface area contributed by atoms with Crippen LogP contribution in [-0.2, 0) is 11.2 Å². The molecule has 0 saturated carbocycles. The lowest BCUT2D eigenvalue weighted by molar-refractivity contribution is -0.136. The highest BCUT2D eigenvalue weighted by Crippen LogP contribution is 2.39. The van der Waals surface area contributed by atoms with Gasteiger partial charge in [-0.3, -0.25) is 4.79 Å². The second-order valence-corrected chi connectivity index (χ2v) is 6.52. The van der Waals surface area contributed by atoms with Gasteiger partial charge in [0.05, 0.1) is 24.1 Å². The van der Waals surface area contributed by atoms with Crippen molar-refractivity contribution in [3.8, 4) is 27.3 Å². The largest absolute Gasteiger partial charge is 0.496 e. The summed E-state index contributed by atoms with van der Waals surface area (Å²) in [6.07, 6.45) is -0.0143. The molecule has 1 aromatic heterocycles. The SMILES string of the molecule is COc1cc(-c2sc(F)cc2N)ccc1-c1ccc(CC(=O)O)cc1. The maximum Gasteiger partial charge on any atom is 0.307 e. The number of halogens is 1. The Kier molecular flexibility index (Phi) is 4.72. The zero-order valence-corrected chi connectivity index (χ0v) is 14.3. The van der Waals surface area contributed by atoms with E-state index in [1.54, 1.807) is 19.2 Å². The number of hydrogen-bond acceptors (Lipinski definition) is 4. The Morgan fingerprint density at radius 1 is 1.16 bits per heavy atom. The van der Waals surface area contributed by atoms with E-state index in [1.165, 1.54) is 6.07 Å². The molecule has 4 nitrogen and oxygen atoms in total. The number of ether oxygens (including phenoxy) is 1. The van der Waals surface area contributed by atoms with Gasteiger partial charge < -0.3 is 15.6 Å². The third-order valence-electron chi connectivity index (χ3n) is 3.81. The van der Waals surface area contributed by atoms with Crippen LogP contribution in [0.5, 0.6) is 5.75 Å². The number of methoxy groups -OCH3 is 1. The maximum absolute atomic E-state index is 13.4. The maximum atomic E-state index is 13.4. The molecule has 0 unspecified atom stereocenters. The van der Waals surface area contributed by atoms with Crippen LogP contribution in [0.2, 0.25) is 0 Å². The average Bonchev–Trinajstić information content (AvgIpc) is 2.93. The second kappa shape index (κ2) is 6.94. The molecule has 0 radical (unpaired) electrons. The summed E-state index contributed by atoms with van der Waals surface area (Å²) < 4.78 is 18.9. The van der Waals surface area contributed by atoms with Crippen molar-refractivity contribution in [1.82, 2.24) is 0 Å². The van der Waals surface area contributed by atoms with E-state index in [1.807, 2.05) is 30.3 Å². The summed E-state index contributed by atoms with van der Waals surface area (Å²) in [5.41, 5.74) is 9.54. The van der Waals surface area contributed by atoms with Gasteiger partial charge >= 0.3 is 5.97 Å². The summed E-state index contributed by atoms with van der Waals surface area (Å²) in [4.78, 5) is 11.4. The van der Waals surface area contributed by atoms with E-state index in [0.29, 0.717) is 16.3 Å². The number of nitrogen functional groups attached to an aromatic ring is 1. The Balaban J connectivity index is 1.97. The minimum atomic E-state index is -0.865. The first-order chi connectivity index (χ1) is 12.0. The molecule has 0 bridgehead atoms. The van der Waals surface area contributed by atoms with Crippen LogP contribution in [0.4, 0.5) is 10.1 Å². The molecule has 0 aliphatic heterocycles. The van der Waals surface area contributed by atoms with Gasteiger partial charge in [-0.2, -0.15) is 4.39 Å². The van der Waals surface area contributed by atoms with Gasteiger partial charge in [-0.05, 0) is 22.8 Å². The zero-order chi connectivity index (χ0) is 18.0. The van der Waals surface area contributed by atoms with Crippen LogP contribution in [-0.4, -0.2) is 18.2 Å². The number of carboxylic acid groups (broad SMARTS) is 1. The number of carboxylic acids is 1. The highest BCUT2D eigenvalue weighted by Gasteiger charge is 2.13. The predicted molar refractivity (Wildman–Crippen MR) is 97.5 cm³/mol. The first-order valence-corrected chi connectivity index (χ1v) is 8.34. The summed E-state index contributed by atoms with van der Waals surface area (Å²) in [6, 6.07) is 14.2. The van der Waals surface area contributed by atoms with Crippen LogP contribution < -0.4 is 10.5 Å². The van der Waals surface area contributed by atoms with E-state index in [2.05, 4.69) is 0 Å². The lowest BCUT2D eigenvalue weighted by atomic mass is 10.00. The highest BCUT2D eigenvalue weighted by atomic mass is 32.1. The fraction of sp³-hybridized carbons (Fsp3) is 0.105.